The third-order valence-corrected chi connectivity index (χ3v) is 9.09. The van der Waals surface area contributed by atoms with Gasteiger partial charge in [-0.15, -0.1) is 0 Å². The minimum atomic E-state index is -1.64. The van der Waals surface area contributed by atoms with E-state index in [9.17, 15) is 0 Å². The van der Waals surface area contributed by atoms with Crippen molar-refractivity contribution in [2.24, 2.45) is 0 Å². The third kappa shape index (κ3) is 4.53. The topological polar surface area (TPSA) is 0 Å². The Morgan fingerprint density at radius 3 is 1.35 bits per heavy atom. The van der Waals surface area contributed by atoms with Crippen LogP contribution in [0.15, 0.2) is 103 Å². The van der Waals surface area contributed by atoms with Crippen molar-refractivity contribution in [1.82, 2.24) is 0 Å². The molecule has 0 aliphatic heterocycles. The maximum atomic E-state index is 2.35. The van der Waals surface area contributed by atoms with Crippen LogP contribution < -0.4 is 32.9 Å². The van der Waals surface area contributed by atoms with Crippen LogP contribution in [0.2, 0.25) is 0 Å². The van der Waals surface area contributed by atoms with E-state index in [1.807, 2.05) is 0 Å². The summed E-state index contributed by atoms with van der Waals surface area (Å²) in [4.78, 5) is 0. The van der Waals surface area contributed by atoms with Gasteiger partial charge in [0.25, 0.3) is 0 Å². The summed E-state index contributed by atoms with van der Waals surface area (Å²) in [5, 5.41) is 4.41. The Bertz CT molecular complexity index is 686. The monoisotopic (exact) mass is 424 g/mol. The molecule has 0 aliphatic carbocycles. The average Bonchev–Trinajstić information content (AvgIpc) is 2.70. The Morgan fingerprint density at radius 1 is 0.615 bits per heavy atom. The molecule has 26 heavy (non-hydrogen) atoms. The highest BCUT2D eigenvalue weighted by atomic mass is 79.9. The van der Waals surface area contributed by atoms with Gasteiger partial charge in [0.05, 0.1) is 6.16 Å². The molecule has 0 aromatic heterocycles. The van der Waals surface area contributed by atoms with Gasteiger partial charge in [-0.2, -0.15) is 0 Å². The predicted molar refractivity (Wildman–Crippen MR) is 114 cm³/mol. The highest BCUT2D eigenvalue weighted by Crippen LogP contribution is 2.55. The minimum Gasteiger partial charge on any atom is -1.00 e. The Hall–Kier alpha value is -1.69. The summed E-state index contributed by atoms with van der Waals surface area (Å²) in [5.74, 6) is 0. The zero-order valence-corrected chi connectivity index (χ0v) is 17.7. The second kappa shape index (κ2) is 10.5. The van der Waals surface area contributed by atoms with Crippen molar-refractivity contribution in [1.29, 1.82) is 0 Å². The molecule has 3 aromatic rings. The van der Waals surface area contributed by atoms with E-state index in [-0.39, 0.29) is 17.0 Å². The first kappa shape index (κ1) is 20.6. The molecular weight excluding hydrogens is 399 g/mol. The van der Waals surface area contributed by atoms with Crippen molar-refractivity contribution < 1.29 is 17.0 Å². The van der Waals surface area contributed by atoms with E-state index in [1.54, 1.807) is 0 Å². The number of rotatable bonds is 7. The van der Waals surface area contributed by atoms with Gasteiger partial charge in [0.15, 0.2) is 0 Å². The maximum Gasteiger partial charge on any atom is 0.112 e. The smallest absolute Gasteiger partial charge is 0.112 e. The van der Waals surface area contributed by atoms with Gasteiger partial charge in [-0.05, 0) is 42.8 Å². The third-order valence-electron chi connectivity index (χ3n) is 4.62. The first-order valence-electron chi connectivity index (χ1n) is 9.08. The van der Waals surface area contributed by atoms with Gasteiger partial charge >= 0.3 is 0 Å². The minimum absolute atomic E-state index is 0. The van der Waals surface area contributed by atoms with Crippen LogP contribution >= 0.6 is 7.26 Å². The predicted octanol–water partition coefficient (Wildman–Crippen LogP) is 2.34. The van der Waals surface area contributed by atoms with Gasteiger partial charge in [-0.25, -0.2) is 0 Å². The first-order valence-corrected chi connectivity index (χ1v) is 11.1. The molecule has 134 valence electrons. The van der Waals surface area contributed by atoms with E-state index in [0.717, 1.165) is 12.8 Å². The van der Waals surface area contributed by atoms with Crippen molar-refractivity contribution in [2.75, 3.05) is 6.16 Å². The Balaban J connectivity index is 0.00000243. The summed E-state index contributed by atoms with van der Waals surface area (Å²) in [7, 11) is -1.64. The van der Waals surface area contributed by atoms with Gasteiger partial charge in [-0.3, -0.25) is 0 Å². The number of halogens is 1. The lowest BCUT2D eigenvalue weighted by atomic mass is 10.3. The van der Waals surface area contributed by atoms with Gasteiger partial charge in [-0.1, -0.05) is 73.7 Å². The molecular formula is C24H26BrP. The van der Waals surface area contributed by atoms with Crippen LogP contribution in [0.25, 0.3) is 0 Å². The summed E-state index contributed by atoms with van der Waals surface area (Å²) < 4.78 is 0. The number of benzene rings is 3. The molecule has 0 saturated carbocycles. The van der Waals surface area contributed by atoms with Gasteiger partial charge in [0.1, 0.15) is 23.2 Å². The molecule has 0 heterocycles. The molecule has 0 amide bonds. The van der Waals surface area contributed by atoms with E-state index in [1.165, 1.54) is 22.1 Å². The van der Waals surface area contributed by atoms with E-state index in [4.69, 9.17) is 0 Å². The van der Waals surface area contributed by atoms with Crippen LogP contribution in [0.4, 0.5) is 0 Å². The number of hydrogen-bond donors (Lipinski definition) is 0. The zero-order chi connectivity index (χ0) is 17.4. The van der Waals surface area contributed by atoms with Crippen LogP contribution in [0.5, 0.6) is 0 Å². The molecule has 0 saturated heterocycles. The summed E-state index contributed by atoms with van der Waals surface area (Å²) >= 11 is 0. The van der Waals surface area contributed by atoms with Crippen LogP contribution in [0, 0.1) is 0 Å². The molecule has 2 heteroatoms. The quantitative estimate of drug-likeness (QED) is 0.403. The zero-order valence-electron chi connectivity index (χ0n) is 15.3. The summed E-state index contributed by atoms with van der Waals surface area (Å²) in [5.41, 5.74) is 0. The van der Waals surface area contributed by atoms with E-state index < -0.39 is 7.26 Å². The SMILES string of the molecule is CCC=CCC[P+](c1ccccc1)(c1ccccc1)c1ccccc1.[Br-]. The van der Waals surface area contributed by atoms with E-state index >= 15 is 0 Å². The molecule has 0 bridgehead atoms. The number of allylic oxidation sites excluding steroid dienone is 2. The molecule has 0 radical (unpaired) electrons. The van der Waals surface area contributed by atoms with Crippen molar-refractivity contribution in [2.45, 2.75) is 19.8 Å². The Labute approximate surface area is 169 Å². The maximum absolute atomic E-state index is 2.35. The summed E-state index contributed by atoms with van der Waals surface area (Å²) in [6, 6.07) is 33.3. The molecule has 0 N–H and O–H groups in total. The summed E-state index contributed by atoms with van der Waals surface area (Å²) in [6.45, 7) is 2.20. The molecule has 0 nitrogen and oxygen atoms in total. The Morgan fingerprint density at radius 2 is 1.00 bits per heavy atom. The molecule has 0 atom stereocenters. The Kier molecular flexibility index (Phi) is 8.29. The fourth-order valence-corrected chi connectivity index (χ4v) is 7.68. The summed E-state index contributed by atoms with van der Waals surface area (Å²) in [6.07, 6.45) is 8.02. The fraction of sp³-hybridized carbons (Fsp3) is 0.167. The highest BCUT2D eigenvalue weighted by molar-refractivity contribution is 7.95. The van der Waals surface area contributed by atoms with Crippen molar-refractivity contribution in [3.8, 4) is 0 Å². The van der Waals surface area contributed by atoms with Crippen molar-refractivity contribution in [3.63, 3.8) is 0 Å². The van der Waals surface area contributed by atoms with Crippen molar-refractivity contribution >= 4 is 23.2 Å². The molecule has 3 rings (SSSR count). The van der Waals surface area contributed by atoms with E-state index in [2.05, 4.69) is 110 Å². The van der Waals surface area contributed by atoms with Crippen LogP contribution in [-0.2, 0) is 0 Å². The van der Waals surface area contributed by atoms with Crippen molar-refractivity contribution in [3.05, 3.63) is 103 Å². The molecule has 0 aliphatic rings. The second-order valence-electron chi connectivity index (χ2n) is 6.21. The fourth-order valence-electron chi connectivity index (χ4n) is 3.43. The lowest BCUT2D eigenvalue weighted by Gasteiger charge is -2.27. The average molecular weight is 425 g/mol. The van der Waals surface area contributed by atoms with Gasteiger partial charge < -0.3 is 17.0 Å². The molecule has 0 unspecified atom stereocenters. The highest BCUT2D eigenvalue weighted by Gasteiger charge is 2.44. The lowest BCUT2D eigenvalue weighted by Crippen LogP contribution is -3.00. The van der Waals surface area contributed by atoms with E-state index in [0.29, 0.717) is 0 Å². The molecule has 0 fully saturated rings. The molecule has 3 aromatic carbocycles. The standard InChI is InChI=1S/C24H26P.BrH/c1-2-3-4-14-21-25(22-15-8-5-9-16-22,23-17-10-6-11-18-23)24-19-12-7-13-20-24;/h3-13,15-20H,2,14,21H2,1H3;1H/q+1;/p-1. The normalized spacial score (nSPS) is 11.3. The largest absolute Gasteiger partial charge is 1.00 e. The van der Waals surface area contributed by atoms with Gasteiger partial charge in [0, 0.05) is 6.42 Å². The second-order valence-corrected chi connectivity index (χ2v) is 9.82. The first-order chi connectivity index (χ1) is 12.4. The lowest BCUT2D eigenvalue weighted by molar-refractivity contribution is -0.00000492. The van der Waals surface area contributed by atoms with Crippen LogP contribution in [0.1, 0.15) is 19.8 Å². The van der Waals surface area contributed by atoms with Crippen LogP contribution in [-0.4, -0.2) is 6.16 Å². The van der Waals surface area contributed by atoms with Crippen LogP contribution in [0.3, 0.4) is 0 Å². The van der Waals surface area contributed by atoms with Gasteiger partial charge in [0.2, 0.25) is 0 Å². The number of hydrogen-bond acceptors (Lipinski definition) is 0. The molecule has 0 spiro atoms.